The number of rotatable bonds is 0. The Morgan fingerprint density at radius 3 is 2.30 bits per heavy atom. The molecule has 1 saturated carbocycles. The number of hydrogen-bond donors (Lipinski definition) is 0. The van der Waals surface area contributed by atoms with Crippen LogP contribution in [0.15, 0.2) is 0 Å². The molecule has 1 rings (SSSR count). The van der Waals surface area contributed by atoms with Crippen LogP contribution in [0.5, 0.6) is 0 Å². The first kappa shape index (κ1) is 8.10. The molecule has 0 amide bonds. The van der Waals surface area contributed by atoms with Crippen molar-refractivity contribution in [2.24, 2.45) is 11.3 Å². The molecule has 0 nitrogen and oxygen atoms in total. The van der Waals surface area contributed by atoms with Crippen molar-refractivity contribution in [3.63, 3.8) is 0 Å². The van der Waals surface area contributed by atoms with Gasteiger partial charge in [0.2, 0.25) is 0 Å². The average Bonchev–Trinajstić information content (AvgIpc) is 1.88. The van der Waals surface area contributed by atoms with Gasteiger partial charge < -0.3 is 0 Å². The first-order valence-electron chi connectivity index (χ1n) is 4.42. The summed E-state index contributed by atoms with van der Waals surface area (Å²) < 4.78 is 0. The highest BCUT2D eigenvalue weighted by atomic mass is 14.3. The van der Waals surface area contributed by atoms with Gasteiger partial charge in [0, 0.05) is 0 Å². The van der Waals surface area contributed by atoms with Gasteiger partial charge in [-0.05, 0) is 30.6 Å². The standard InChI is InChI=1S/C10H19/c1-10(2,3)9-7-5-4-6-8-9/h5,9H,4,6-8H2,1-3H3. The van der Waals surface area contributed by atoms with Gasteiger partial charge in [-0.15, -0.1) is 0 Å². The molecule has 59 valence electrons. The molecule has 0 spiro atoms. The normalized spacial score (nSPS) is 23.1. The fraction of sp³-hybridized carbons (Fsp3) is 0.900. The topological polar surface area (TPSA) is 0 Å². The lowest BCUT2D eigenvalue weighted by atomic mass is 9.72. The van der Waals surface area contributed by atoms with Crippen molar-refractivity contribution in [1.82, 2.24) is 0 Å². The second-order valence-corrected chi connectivity index (χ2v) is 4.52. The van der Waals surface area contributed by atoms with Crippen molar-refractivity contribution in [2.75, 3.05) is 0 Å². The first-order valence-corrected chi connectivity index (χ1v) is 4.42. The summed E-state index contributed by atoms with van der Waals surface area (Å²) in [6, 6.07) is 0. The first-order chi connectivity index (χ1) is 4.61. The SMILES string of the molecule is CC(C)(C)C1C[CH]CCC1. The maximum Gasteiger partial charge on any atom is -0.0354 e. The molecule has 0 heteroatoms. The molecular formula is C10H19. The fourth-order valence-electron chi connectivity index (χ4n) is 1.73. The molecule has 1 aliphatic rings. The van der Waals surface area contributed by atoms with E-state index in [1.807, 2.05) is 0 Å². The van der Waals surface area contributed by atoms with Gasteiger partial charge >= 0.3 is 0 Å². The zero-order valence-electron chi connectivity index (χ0n) is 7.48. The van der Waals surface area contributed by atoms with Gasteiger partial charge in [0.25, 0.3) is 0 Å². The molecule has 0 aromatic carbocycles. The third-order valence-electron chi connectivity index (χ3n) is 2.64. The van der Waals surface area contributed by atoms with Crippen LogP contribution in [0.1, 0.15) is 46.5 Å². The average molecular weight is 139 g/mol. The molecule has 0 aromatic heterocycles. The lowest BCUT2D eigenvalue weighted by Crippen LogP contribution is -2.22. The Hall–Kier alpha value is 0. The van der Waals surface area contributed by atoms with E-state index < -0.39 is 0 Å². The third kappa shape index (κ3) is 2.00. The summed E-state index contributed by atoms with van der Waals surface area (Å²) in [5.74, 6) is 0.946. The Kier molecular flexibility index (Phi) is 2.38. The zero-order chi connectivity index (χ0) is 7.61. The van der Waals surface area contributed by atoms with Crippen LogP contribution in [0.3, 0.4) is 0 Å². The minimum absolute atomic E-state index is 0.539. The van der Waals surface area contributed by atoms with Crippen molar-refractivity contribution in [2.45, 2.75) is 46.5 Å². The van der Waals surface area contributed by atoms with Crippen molar-refractivity contribution < 1.29 is 0 Å². The van der Waals surface area contributed by atoms with Gasteiger partial charge in [0.1, 0.15) is 0 Å². The van der Waals surface area contributed by atoms with Crippen molar-refractivity contribution >= 4 is 0 Å². The molecule has 0 N–H and O–H groups in total. The fourth-order valence-corrected chi connectivity index (χ4v) is 1.73. The largest absolute Gasteiger partial charge is 0.0599 e. The molecular weight excluding hydrogens is 120 g/mol. The molecule has 1 atom stereocenters. The van der Waals surface area contributed by atoms with E-state index in [1.54, 1.807) is 0 Å². The molecule has 1 radical (unpaired) electrons. The third-order valence-corrected chi connectivity index (χ3v) is 2.64. The molecule has 0 bridgehead atoms. The highest BCUT2D eigenvalue weighted by Gasteiger charge is 2.25. The molecule has 0 aromatic rings. The van der Waals surface area contributed by atoms with Gasteiger partial charge in [-0.1, -0.05) is 33.6 Å². The minimum Gasteiger partial charge on any atom is -0.0599 e. The van der Waals surface area contributed by atoms with Crippen LogP contribution < -0.4 is 0 Å². The summed E-state index contributed by atoms with van der Waals surface area (Å²) in [4.78, 5) is 0. The highest BCUT2D eigenvalue weighted by molar-refractivity contribution is 4.84. The van der Waals surface area contributed by atoms with E-state index in [2.05, 4.69) is 27.2 Å². The second-order valence-electron chi connectivity index (χ2n) is 4.52. The second kappa shape index (κ2) is 2.94. The summed E-state index contributed by atoms with van der Waals surface area (Å²) in [6.07, 6.45) is 8.03. The van der Waals surface area contributed by atoms with Crippen LogP contribution in [0, 0.1) is 17.8 Å². The van der Waals surface area contributed by atoms with Crippen LogP contribution in [0.25, 0.3) is 0 Å². The van der Waals surface area contributed by atoms with E-state index in [-0.39, 0.29) is 0 Å². The van der Waals surface area contributed by atoms with Gasteiger partial charge in [0.15, 0.2) is 0 Å². The molecule has 0 saturated heterocycles. The molecule has 10 heavy (non-hydrogen) atoms. The summed E-state index contributed by atoms with van der Waals surface area (Å²) in [7, 11) is 0. The lowest BCUT2D eigenvalue weighted by Gasteiger charge is -2.33. The van der Waals surface area contributed by atoms with E-state index in [4.69, 9.17) is 0 Å². The Morgan fingerprint density at radius 2 is 2.00 bits per heavy atom. The summed E-state index contributed by atoms with van der Waals surface area (Å²) in [6.45, 7) is 7.07. The van der Waals surface area contributed by atoms with Gasteiger partial charge in [0.05, 0.1) is 0 Å². The maximum absolute atomic E-state index is 2.46. The Labute approximate surface area is 65.0 Å². The predicted molar refractivity (Wildman–Crippen MR) is 45.7 cm³/mol. The van der Waals surface area contributed by atoms with Gasteiger partial charge in [-0.3, -0.25) is 0 Å². The van der Waals surface area contributed by atoms with Crippen LogP contribution >= 0.6 is 0 Å². The minimum atomic E-state index is 0.539. The summed E-state index contributed by atoms with van der Waals surface area (Å²) in [5.41, 5.74) is 0.539. The monoisotopic (exact) mass is 139 g/mol. The van der Waals surface area contributed by atoms with Gasteiger partial charge in [-0.25, -0.2) is 0 Å². The van der Waals surface area contributed by atoms with E-state index in [9.17, 15) is 0 Å². The van der Waals surface area contributed by atoms with Crippen LogP contribution in [-0.2, 0) is 0 Å². The molecule has 1 aliphatic carbocycles. The van der Waals surface area contributed by atoms with Crippen molar-refractivity contribution in [3.8, 4) is 0 Å². The van der Waals surface area contributed by atoms with Crippen LogP contribution in [0.4, 0.5) is 0 Å². The Balaban J connectivity index is 2.39. The van der Waals surface area contributed by atoms with Gasteiger partial charge in [-0.2, -0.15) is 0 Å². The summed E-state index contributed by atoms with van der Waals surface area (Å²) in [5, 5.41) is 0. The van der Waals surface area contributed by atoms with E-state index in [0.29, 0.717) is 5.41 Å². The molecule has 0 heterocycles. The molecule has 1 fully saturated rings. The van der Waals surface area contributed by atoms with E-state index in [1.165, 1.54) is 25.7 Å². The molecule has 0 aliphatic heterocycles. The van der Waals surface area contributed by atoms with Crippen LogP contribution in [-0.4, -0.2) is 0 Å². The van der Waals surface area contributed by atoms with E-state index >= 15 is 0 Å². The number of hydrogen-bond acceptors (Lipinski definition) is 0. The van der Waals surface area contributed by atoms with Crippen molar-refractivity contribution in [1.29, 1.82) is 0 Å². The Morgan fingerprint density at radius 1 is 1.30 bits per heavy atom. The Bertz CT molecular complexity index is 91.1. The van der Waals surface area contributed by atoms with Crippen LogP contribution in [0.2, 0.25) is 0 Å². The summed E-state index contributed by atoms with van der Waals surface area (Å²) >= 11 is 0. The highest BCUT2D eigenvalue weighted by Crippen LogP contribution is 2.36. The predicted octanol–water partition coefficient (Wildman–Crippen LogP) is 3.43. The van der Waals surface area contributed by atoms with Crippen molar-refractivity contribution in [3.05, 3.63) is 6.42 Å². The lowest BCUT2D eigenvalue weighted by molar-refractivity contribution is 0.202. The maximum atomic E-state index is 2.46. The smallest absolute Gasteiger partial charge is 0.0354 e. The van der Waals surface area contributed by atoms with E-state index in [0.717, 1.165) is 5.92 Å². The molecule has 1 unspecified atom stereocenters. The quantitative estimate of drug-likeness (QED) is 0.482. The zero-order valence-corrected chi connectivity index (χ0v) is 7.48.